The number of Topliss-reactive ketones (excluding diaryl/α,β-unsaturated/α-hetero) is 1. The molecule has 1 saturated heterocycles. The second kappa shape index (κ2) is 12.4. The molecule has 1 amide bonds. The zero-order valence-corrected chi connectivity index (χ0v) is 21.7. The van der Waals surface area contributed by atoms with Crippen molar-refractivity contribution in [1.82, 2.24) is 9.80 Å². The summed E-state index contributed by atoms with van der Waals surface area (Å²) in [5.74, 6) is 0.0579. The molecule has 1 atom stereocenters. The topological polar surface area (TPSA) is 88.5 Å². The maximum atomic E-state index is 13.3. The van der Waals surface area contributed by atoms with Crippen LogP contribution in [0, 0.1) is 0 Å². The molecule has 0 aromatic heterocycles. The van der Waals surface area contributed by atoms with Crippen LogP contribution in [0.2, 0.25) is 0 Å². The van der Waals surface area contributed by atoms with Crippen molar-refractivity contribution < 1.29 is 28.9 Å². The third-order valence-electron chi connectivity index (χ3n) is 5.93. The number of likely N-dealkylation sites (tertiary alicyclic amines) is 1. The summed E-state index contributed by atoms with van der Waals surface area (Å²) >= 11 is 0. The molecule has 1 heterocycles. The summed E-state index contributed by atoms with van der Waals surface area (Å²) in [6.07, 6.45) is 1.51. The Morgan fingerprint density at radius 1 is 1.06 bits per heavy atom. The number of ketones is 1. The Morgan fingerprint density at radius 2 is 1.83 bits per heavy atom. The van der Waals surface area contributed by atoms with Crippen LogP contribution in [0.4, 0.5) is 0 Å². The molecule has 0 spiro atoms. The molecule has 1 unspecified atom stereocenters. The molecule has 1 N–H and O–H groups in total. The number of ether oxygens (including phenoxy) is 3. The van der Waals surface area contributed by atoms with Gasteiger partial charge < -0.3 is 29.1 Å². The van der Waals surface area contributed by atoms with E-state index in [-0.39, 0.29) is 11.3 Å². The standard InChI is InChI=1S/C28H36N2O6/c1-6-16-36-21-11-8-10-20(17-21)26(31)24-25(19-12-13-22(35-7-2)23(18-19)34-5)30(28(33)27(24)32)15-9-14-29(3)4/h8,10-13,17-18,25,31H,6-7,9,14-16H2,1-5H3/b26-24-. The largest absolute Gasteiger partial charge is 0.507 e. The Hall–Kier alpha value is -3.52. The summed E-state index contributed by atoms with van der Waals surface area (Å²) in [7, 11) is 5.45. The van der Waals surface area contributed by atoms with Gasteiger partial charge in [-0.05, 0) is 70.2 Å². The zero-order valence-electron chi connectivity index (χ0n) is 21.7. The van der Waals surface area contributed by atoms with E-state index in [0.717, 1.165) is 13.0 Å². The van der Waals surface area contributed by atoms with Crippen LogP contribution in [-0.2, 0) is 9.59 Å². The Labute approximate surface area is 213 Å². The number of carbonyl (C=O) groups is 2. The fourth-order valence-electron chi connectivity index (χ4n) is 4.25. The van der Waals surface area contributed by atoms with Gasteiger partial charge in [-0.3, -0.25) is 9.59 Å². The van der Waals surface area contributed by atoms with Crippen molar-refractivity contribution in [3.05, 3.63) is 59.2 Å². The first-order chi connectivity index (χ1) is 17.3. The number of methoxy groups -OCH3 is 1. The zero-order chi connectivity index (χ0) is 26.2. The van der Waals surface area contributed by atoms with E-state index in [1.54, 1.807) is 42.5 Å². The van der Waals surface area contributed by atoms with Gasteiger partial charge in [0.15, 0.2) is 11.5 Å². The predicted molar refractivity (Wildman–Crippen MR) is 139 cm³/mol. The molecular formula is C28H36N2O6. The highest BCUT2D eigenvalue weighted by Gasteiger charge is 2.46. The number of aliphatic hydroxyl groups excluding tert-OH is 1. The Morgan fingerprint density at radius 3 is 2.50 bits per heavy atom. The van der Waals surface area contributed by atoms with Crippen molar-refractivity contribution in [1.29, 1.82) is 0 Å². The minimum Gasteiger partial charge on any atom is -0.507 e. The molecule has 0 bridgehead atoms. The van der Waals surface area contributed by atoms with Crippen molar-refractivity contribution in [3.8, 4) is 17.2 Å². The number of nitrogens with zero attached hydrogens (tertiary/aromatic N) is 2. The molecule has 36 heavy (non-hydrogen) atoms. The van der Waals surface area contributed by atoms with Gasteiger partial charge in [0.1, 0.15) is 11.5 Å². The van der Waals surface area contributed by atoms with E-state index in [0.29, 0.717) is 54.6 Å². The van der Waals surface area contributed by atoms with Gasteiger partial charge in [-0.25, -0.2) is 0 Å². The van der Waals surface area contributed by atoms with Gasteiger partial charge in [0.2, 0.25) is 0 Å². The van der Waals surface area contributed by atoms with E-state index < -0.39 is 17.7 Å². The lowest BCUT2D eigenvalue weighted by molar-refractivity contribution is -0.139. The number of aliphatic hydroxyl groups is 1. The van der Waals surface area contributed by atoms with Gasteiger partial charge in [-0.15, -0.1) is 0 Å². The van der Waals surface area contributed by atoms with Crippen molar-refractivity contribution in [2.45, 2.75) is 32.7 Å². The highest BCUT2D eigenvalue weighted by atomic mass is 16.5. The van der Waals surface area contributed by atoms with Gasteiger partial charge in [-0.2, -0.15) is 0 Å². The van der Waals surface area contributed by atoms with Crippen molar-refractivity contribution >= 4 is 17.4 Å². The molecule has 0 saturated carbocycles. The quantitative estimate of drug-likeness (QED) is 0.267. The van der Waals surface area contributed by atoms with E-state index in [1.807, 2.05) is 32.8 Å². The molecule has 2 aromatic carbocycles. The van der Waals surface area contributed by atoms with Crippen LogP contribution in [0.25, 0.3) is 5.76 Å². The average molecular weight is 497 g/mol. The number of hydrogen-bond donors (Lipinski definition) is 1. The minimum absolute atomic E-state index is 0.0451. The summed E-state index contributed by atoms with van der Waals surface area (Å²) in [5, 5.41) is 11.3. The first-order valence-corrected chi connectivity index (χ1v) is 12.3. The Balaban J connectivity index is 2.12. The fraction of sp³-hybridized carbons (Fsp3) is 0.429. The van der Waals surface area contributed by atoms with Crippen molar-refractivity contribution in [3.63, 3.8) is 0 Å². The van der Waals surface area contributed by atoms with E-state index >= 15 is 0 Å². The molecule has 194 valence electrons. The number of carbonyl (C=O) groups excluding carboxylic acids is 2. The van der Waals surface area contributed by atoms with Gasteiger partial charge in [0, 0.05) is 12.1 Å². The second-order valence-electron chi connectivity index (χ2n) is 8.87. The van der Waals surface area contributed by atoms with Crippen LogP contribution in [-0.4, -0.2) is 74.1 Å². The molecular weight excluding hydrogens is 460 g/mol. The molecule has 3 rings (SSSR count). The average Bonchev–Trinajstić information content (AvgIpc) is 3.12. The molecule has 0 radical (unpaired) electrons. The lowest BCUT2D eigenvalue weighted by atomic mass is 9.95. The van der Waals surface area contributed by atoms with Crippen LogP contribution < -0.4 is 14.2 Å². The van der Waals surface area contributed by atoms with Crippen LogP contribution in [0.5, 0.6) is 17.2 Å². The van der Waals surface area contributed by atoms with Gasteiger partial charge in [0.05, 0.1) is 31.9 Å². The van der Waals surface area contributed by atoms with E-state index in [9.17, 15) is 14.7 Å². The number of rotatable bonds is 12. The van der Waals surface area contributed by atoms with Gasteiger partial charge in [0.25, 0.3) is 11.7 Å². The SMILES string of the molecule is CCCOc1cccc(/C(O)=C2/C(=O)C(=O)N(CCCN(C)C)C2c2ccc(OCC)c(OC)c2)c1. The molecule has 8 nitrogen and oxygen atoms in total. The second-order valence-corrected chi connectivity index (χ2v) is 8.87. The lowest BCUT2D eigenvalue weighted by Crippen LogP contribution is -2.32. The van der Waals surface area contributed by atoms with Crippen LogP contribution in [0.3, 0.4) is 0 Å². The molecule has 2 aromatic rings. The maximum absolute atomic E-state index is 13.3. The third-order valence-corrected chi connectivity index (χ3v) is 5.93. The first-order valence-electron chi connectivity index (χ1n) is 12.3. The monoisotopic (exact) mass is 496 g/mol. The highest BCUT2D eigenvalue weighted by molar-refractivity contribution is 6.46. The molecule has 1 aliphatic rings. The van der Waals surface area contributed by atoms with E-state index in [2.05, 4.69) is 0 Å². The summed E-state index contributed by atoms with van der Waals surface area (Å²) < 4.78 is 16.9. The Bertz CT molecular complexity index is 1110. The van der Waals surface area contributed by atoms with Crippen LogP contribution in [0.15, 0.2) is 48.0 Å². The summed E-state index contributed by atoms with van der Waals surface area (Å²) in [6.45, 7) is 6.00. The molecule has 1 fully saturated rings. The first kappa shape index (κ1) is 27.1. The minimum atomic E-state index is -0.767. The maximum Gasteiger partial charge on any atom is 0.295 e. The third kappa shape index (κ3) is 5.99. The summed E-state index contributed by atoms with van der Waals surface area (Å²) in [5.41, 5.74) is 1.11. The normalized spacial score (nSPS) is 17.1. The molecule has 0 aliphatic carbocycles. The number of benzene rings is 2. The van der Waals surface area contributed by atoms with Gasteiger partial charge in [-0.1, -0.05) is 25.1 Å². The smallest absolute Gasteiger partial charge is 0.295 e. The summed E-state index contributed by atoms with van der Waals surface area (Å²) in [6, 6.07) is 11.5. The van der Waals surface area contributed by atoms with Crippen molar-refractivity contribution in [2.24, 2.45) is 0 Å². The molecule has 8 heteroatoms. The van der Waals surface area contributed by atoms with Gasteiger partial charge >= 0.3 is 0 Å². The lowest BCUT2D eigenvalue weighted by Gasteiger charge is -2.26. The predicted octanol–water partition coefficient (Wildman–Crippen LogP) is 4.26. The van der Waals surface area contributed by atoms with Crippen LogP contribution in [0.1, 0.15) is 43.9 Å². The Kier molecular flexibility index (Phi) is 9.36. The number of amides is 1. The van der Waals surface area contributed by atoms with E-state index in [1.165, 1.54) is 12.0 Å². The molecule has 1 aliphatic heterocycles. The van der Waals surface area contributed by atoms with Crippen LogP contribution >= 0.6 is 0 Å². The highest BCUT2D eigenvalue weighted by Crippen LogP contribution is 2.42. The van der Waals surface area contributed by atoms with Crippen molar-refractivity contribution in [2.75, 3.05) is 47.5 Å². The fourth-order valence-corrected chi connectivity index (χ4v) is 4.25. The number of hydrogen-bond acceptors (Lipinski definition) is 7. The van der Waals surface area contributed by atoms with E-state index in [4.69, 9.17) is 14.2 Å². The summed E-state index contributed by atoms with van der Waals surface area (Å²) in [4.78, 5) is 30.0.